The molecular weight excluding hydrogens is 497 g/mol. The van der Waals surface area contributed by atoms with E-state index in [0.29, 0.717) is 5.01 Å². The number of carbonyl (C=O) groups excluding carboxylic acids is 1. The van der Waals surface area contributed by atoms with E-state index in [4.69, 9.17) is 0 Å². The Hall–Kier alpha value is -2.91. The van der Waals surface area contributed by atoms with E-state index in [1.54, 1.807) is 6.07 Å². The molecule has 0 radical (unpaired) electrons. The van der Waals surface area contributed by atoms with Gasteiger partial charge in [-0.3, -0.25) is 9.69 Å². The van der Waals surface area contributed by atoms with Gasteiger partial charge in [-0.15, -0.1) is 11.3 Å². The van der Waals surface area contributed by atoms with E-state index in [1.165, 1.54) is 52.3 Å². The first-order chi connectivity index (χ1) is 17.8. The summed E-state index contributed by atoms with van der Waals surface area (Å²) >= 11 is 1.41. The molecule has 1 aromatic heterocycles. The fourth-order valence-electron chi connectivity index (χ4n) is 4.95. The van der Waals surface area contributed by atoms with Gasteiger partial charge in [-0.2, -0.15) is 13.2 Å². The number of rotatable bonds is 9. The van der Waals surface area contributed by atoms with Crippen LogP contribution < -0.4 is 5.32 Å². The van der Waals surface area contributed by atoms with E-state index < -0.39 is 11.7 Å². The molecule has 2 aromatic carbocycles. The summed E-state index contributed by atoms with van der Waals surface area (Å²) in [5, 5.41) is 5.87. The first-order valence-electron chi connectivity index (χ1n) is 12.7. The number of hydrogen-bond acceptors (Lipinski definition) is 5. The Morgan fingerprint density at radius 3 is 2.70 bits per heavy atom. The van der Waals surface area contributed by atoms with Crippen LogP contribution in [0.1, 0.15) is 45.8 Å². The van der Waals surface area contributed by atoms with Crippen LogP contribution in [0, 0.1) is 12.8 Å². The summed E-state index contributed by atoms with van der Waals surface area (Å²) in [6.07, 6.45) is -0.909. The predicted octanol–water partition coefficient (Wildman–Crippen LogP) is 5.88. The van der Waals surface area contributed by atoms with Crippen molar-refractivity contribution in [3.63, 3.8) is 0 Å². The van der Waals surface area contributed by atoms with Crippen molar-refractivity contribution in [3.05, 3.63) is 80.8 Å². The van der Waals surface area contributed by atoms with Crippen molar-refractivity contribution in [1.82, 2.24) is 14.8 Å². The lowest BCUT2D eigenvalue weighted by molar-refractivity contribution is -0.139. The normalized spacial score (nSPS) is 15.9. The topological polar surface area (TPSA) is 48.5 Å². The Balaban J connectivity index is 1.31. The van der Waals surface area contributed by atoms with Crippen molar-refractivity contribution in [3.8, 4) is 0 Å². The Morgan fingerprint density at radius 2 is 1.97 bits per heavy atom. The lowest BCUT2D eigenvalue weighted by Gasteiger charge is -2.30. The average molecular weight is 529 g/mol. The summed E-state index contributed by atoms with van der Waals surface area (Å²) in [5.41, 5.74) is 3.62. The molecule has 1 aliphatic heterocycles. The zero-order valence-corrected chi connectivity index (χ0v) is 21.7. The van der Waals surface area contributed by atoms with Gasteiger partial charge in [0.25, 0.3) is 0 Å². The molecule has 1 aliphatic carbocycles. The van der Waals surface area contributed by atoms with Crippen LogP contribution in [0.5, 0.6) is 0 Å². The molecule has 1 saturated carbocycles. The molecule has 3 aromatic rings. The number of alkyl halides is 3. The maximum atomic E-state index is 13.6. The summed E-state index contributed by atoms with van der Waals surface area (Å²) in [6, 6.07) is 11.6. The number of halogens is 3. The molecular formula is C28H31F3N4OS. The highest BCUT2D eigenvalue weighted by Crippen LogP contribution is 2.34. The SMILES string of the molecule is Cc1csc(CN(Cc2ccccc2C(F)(F)F)C(=O)CNc2cccc3c2CCN(CC2CC2)C3)n1. The minimum absolute atomic E-state index is 0.000778. The van der Waals surface area contributed by atoms with Crippen LogP contribution in [0.2, 0.25) is 0 Å². The van der Waals surface area contributed by atoms with Crippen LogP contribution in [-0.2, 0) is 37.0 Å². The number of carbonyl (C=O) groups is 1. The molecule has 1 N–H and O–H groups in total. The number of fused-ring (bicyclic) bond motifs is 1. The Bertz CT molecular complexity index is 1250. The smallest absolute Gasteiger partial charge is 0.376 e. The van der Waals surface area contributed by atoms with Crippen LogP contribution in [-0.4, -0.2) is 40.3 Å². The molecule has 37 heavy (non-hydrogen) atoms. The number of anilines is 1. The minimum atomic E-state index is -4.49. The summed E-state index contributed by atoms with van der Waals surface area (Å²) in [7, 11) is 0. The number of aromatic nitrogens is 1. The quantitative estimate of drug-likeness (QED) is 0.377. The molecule has 1 fully saturated rings. The van der Waals surface area contributed by atoms with Gasteiger partial charge in [0.15, 0.2) is 0 Å². The van der Waals surface area contributed by atoms with Crippen molar-refractivity contribution in [2.75, 3.05) is 25.0 Å². The van der Waals surface area contributed by atoms with Gasteiger partial charge in [-0.25, -0.2) is 4.98 Å². The Kier molecular flexibility index (Phi) is 7.53. The number of hydrogen-bond donors (Lipinski definition) is 1. The molecule has 0 bridgehead atoms. The van der Waals surface area contributed by atoms with E-state index >= 15 is 0 Å². The average Bonchev–Trinajstić information content (AvgIpc) is 3.59. The Labute approximate surface area is 219 Å². The van der Waals surface area contributed by atoms with Gasteiger partial charge < -0.3 is 10.2 Å². The molecule has 5 nitrogen and oxygen atoms in total. The molecule has 9 heteroatoms. The minimum Gasteiger partial charge on any atom is -0.376 e. The molecule has 0 atom stereocenters. The second-order valence-electron chi connectivity index (χ2n) is 10.0. The van der Waals surface area contributed by atoms with E-state index in [1.807, 2.05) is 24.4 Å². The second kappa shape index (κ2) is 10.8. The molecule has 2 aliphatic rings. The van der Waals surface area contributed by atoms with Gasteiger partial charge in [0.1, 0.15) is 5.01 Å². The number of nitrogens with one attached hydrogen (secondary N) is 1. The van der Waals surface area contributed by atoms with Gasteiger partial charge in [0.2, 0.25) is 5.91 Å². The van der Waals surface area contributed by atoms with Crippen LogP contribution in [0.15, 0.2) is 47.8 Å². The van der Waals surface area contributed by atoms with Gasteiger partial charge in [-0.1, -0.05) is 30.3 Å². The third kappa shape index (κ3) is 6.51. The van der Waals surface area contributed by atoms with Crippen LogP contribution in [0.25, 0.3) is 0 Å². The fourth-order valence-corrected chi connectivity index (χ4v) is 5.74. The van der Waals surface area contributed by atoms with Gasteiger partial charge in [0.05, 0.1) is 18.7 Å². The van der Waals surface area contributed by atoms with Gasteiger partial charge in [-0.05, 0) is 60.9 Å². The van der Waals surface area contributed by atoms with Crippen LogP contribution >= 0.6 is 11.3 Å². The lowest BCUT2D eigenvalue weighted by atomic mass is 9.97. The third-order valence-electron chi connectivity index (χ3n) is 7.02. The Morgan fingerprint density at radius 1 is 1.16 bits per heavy atom. The van der Waals surface area contributed by atoms with Crippen LogP contribution in [0.3, 0.4) is 0 Å². The third-order valence-corrected chi connectivity index (χ3v) is 7.97. The maximum absolute atomic E-state index is 13.6. The van der Waals surface area contributed by atoms with E-state index in [9.17, 15) is 18.0 Å². The predicted molar refractivity (Wildman–Crippen MR) is 139 cm³/mol. The molecule has 0 spiro atoms. The summed E-state index contributed by atoms with van der Waals surface area (Å²) < 4.78 is 40.9. The van der Waals surface area contributed by atoms with Crippen molar-refractivity contribution in [1.29, 1.82) is 0 Å². The number of amides is 1. The number of aryl methyl sites for hydroxylation is 1. The fraction of sp³-hybridized carbons (Fsp3) is 0.429. The first kappa shape index (κ1) is 25.7. The summed E-state index contributed by atoms with van der Waals surface area (Å²) in [5.74, 6) is 0.573. The van der Waals surface area contributed by atoms with E-state index in [2.05, 4.69) is 21.3 Å². The highest BCUT2D eigenvalue weighted by Gasteiger charge is 2.34. The highest BCUT2D eigenvalue weighted by atomic mass is 32.1. The van der Waals surface area contributed by atoms with Gasteiger partial charge >= 0.3 is 6.18 Å². The standard InChI is InChI=1S/C28H31F3N4OS/c1-19-18-37-26(33-19)17-35(16-22-5-2-3-7-24(22)28(29,30)31)27(36)13-32-25-8-4-6-21-15-34(12-11-23(21)25)14-20-9-10-20/h2-8,18,20,32H,9-17H2,1H3. The van der Waals surface area contributed by atoms with Gasteiger partial charge in [0, 0.05) is 42.9 Å². The molecule has 5 rings (SSSR count). The largest absolute Gasteiger partial charge is 0.416 e. The van der Waals surface area contributed by atoms with Crippen molar-refractivity contribution >= 4 is 22.9 Å². The summed E-state index contributed by atoms with van der Waals surface area (Å²) in [6.45, 7) is 4.95. The van der Waals surface area contributed by atoms with E-state index in [-0.39, 0.29) is 31.1 Å². The molecule has 196 valence electrons. The lowest BCUT2D eigenvalue weighted by Crippen LogP contribution is -2.36. The molecule has 0 saturated heterocycles. The molecule has 2 heterocycles. The number of benzene rings is 2. The highest BCUT2D eigenvalue weighted by molar-refractivity contribution is 7.09. The number of nitrogens with zero attached hydrogens (tertiary/aromatic N) is 3. The van der Waals surface area contributed by atoms with Crippen molar-refractivity contribution in [2.24, 2.45) is 5.92 Å². The van der Waals surface area contributed by atoms with Crippen molar-refractivity contribution in [2.45, 2.75) is 52.0 Å². The number of thiazole rings is 1. The zero-order valence-electron chi connectivity index (χ0n) is 20.9. The van der Waals surface area contributed by atoms with E-state index in [0.717, 1.165) is 49.4 Å². The second-order valence-corrected chi connectivity index (χ2v) is 11.0. The monoisotopic (exact) mass is 528 g/mol. The molecule has 0 unspecified atom stereocenters. The maximum Gasteiger partial charge on any atom is 0.416 e. The summed E-state index contributed by atoms with van der Waals surface area (Å²) in [4.78, 5) is 21.8. The van der Waals surface area contributed by atoms with Crippen molar-refractivity contribution < 1.29 is 18.0 Å². The van der Waals surface area contributed by atoms with Crippen LogP contribution in [0.4, 0.5) is 18.9 Å². The molecule has 1 amide bonds. The first-order valence-corrected chi connectivity index (χ1v) is 13.5. The zero-order chi connectivity index (χ0) is 26.0.